The summed E-state index contributed by atoms with van der Waals surface area (Å²) in [5, 5.41) is 2.27. The fourth-order valence-corrected chi connectivity index (χ4v) is 2.18. The Balaban J connectivity index is 2.41. The van der Waals surface area contributed by atoms with Gasteiger partial charge in [-0.1, -0.05) is 18.2 Å². The topological polar surface area (TPSA) is 35.5 Å². The summed E-state index contributed by atoms with van der Waals surface area (Å²) in [7, 11) is 1.41. The molecule has 0 amide bonds. The lowest BCUT2D eigenvalue weighted by atomic mass is 9.98. The number of rotatable bonds is 4. The Morgan fingerprint density at radius 3 is 2.68 bits per heavy atom. The van der Waals surface area contributed by atoms with Gasteiger partial charge in [-0.3, -0.25) is 4.79 Å². The van der Waals surface area contributed by atoms with Crippen LogP contribution in [0, 0.1) is 6.92 Å². The minimum atomic E-state index is -0.214. The van der Waals surface area contributed by atoms with Crippen LogP contribution >= 0.6 is 0 Å². The Morgan fingerprint density at radius 2 is 2.00 bits per heavy atom. The molecule has 0 N–H and O–H groups in total. The molecular weight excluding hydrogens is 240 g/mol. The van der Waals surface area contributed by atoms with Gasteiger partial charge in [0.05, 0.1) is 20.1 Å². The number of benzene rings is 2. The number of ether oxygens (including phenoxy) is 2. The van der Waals surface area contributed by atoms with Crippen LogP contribution in [-0.2, 0) is 16.0 Å². The van der Waals surface area contributed by atoms with Crippen LogP contribution in [0.2, 0.25) is 0 Å². The molecule has 0 fully saturated rings. The Bertz CT molecular complexity index is 602. The molecule has 2 aromatic rings. The summed E-state index contributed by atoms with van der Waals surface area (Å²) in [6.45, 7) is 4.65. The predicted molar refractivity (Wildman–Crippen MR) is 75.6 cm³/mol. The highest BCUT2D eigenvalue weighted by atomic mass is 16.5. The van der Waals surface area contributed by atoms with Crippen molar-refractivity contribution in [2.45, 2.75) is 20.3 Å². The summed E-state index contributed by atoms with van der Waals surface area (Å²) in [4.78, 5) is 11.4. The SMILES string of the molecule is CCOc1ccc2c(C)c(CC(=O)OC)ccc2c1. The molecule has 0 bridgehead atoms. The molecule has 0 saturated carbocycles. The van der Waals surface area contributed by atoms with Crippen molar-refractivity contribution in [2.24, 2.45) is 0 Å². The minimum absolute atomic E-state index is 0.214. The highest BCUT2D eigenvalue weighted by Gasteiger charge is 2.09. The van der Waals surface area contributed by atoms with Crippen molar-refractivity contribution in [1.82, 2.24) is 0 Å². The van der Waals surface area contributed by atoms with Crippen molar-refractivity contribution < 1.29 is 14.3 Å². The molecule has 0 aliphatic rings. The van der Waals surface area contributed by atoms with Gasteiger partial charge in [-0.25, -0.2) is 0 Å². The van der Waals surface area contributed by atoms with Crippen molar-refractivity contribution in [2.75, 3.05) is 13.7 Å². The van der Waals surface area contributed by atoms with Gasteiger partial charge in [0.1, 0.15) is 5.75 Å². The number of hydrogen-bond donors (Lipinski definition) is 0. The molecule has 0 spiro atoms. The van der Waals surface area contributed by atoms with E-state index >= 15 is 0 Å². The number of hydrogen-bond acceptors (Lipinski definition) is 3. The number of methoxy groups -OCH3 is 1. The lowest BCUT2D eigenvalue weighted by Gasteiger charge is -2.10. The first kappa shape index (κ1) is 13.4. The lowest BCUT2D eigenvalue weighted by Crippen LogP contribution is -2.05. The van der Waals surface area contributed by atoms with E-state index in [2.05, 4.69) is 0 Å². The highest BCUT2D eigenvalue weighted by Crippen LogP contribution is 2.26. The average Bonchev–Trinajstić information content (AvgIpc) is 2.42. The number of carbonyl (C=O) groups excluding carboxylic acids is 1. The average molecular weight is 258 g/mol. The van der Waals surface area contributed by atoms with Crippen molar-refractivity contribution in [3.05, 3.63) is 41.5 Å². The fourth-order valence-electron chi connectivity index (χ4n) is 2.18. The Labute approximate surface area is 113 Å². The van der Waals surface area contributed by atoms with E-state index in [1.165, 1.54) is 7.11 Å². The van der Waals surface area contributed by atoms with Crippen molar-refractivity contribution in [3.8, 4) is 5.75 Å². The molecule has 0 heterocycles. The normalized spacial score (nSPS) is 10.5. The van der Waals surface area contributed by atoms with E-state index in [4.69, 9.17) is 9.47 Å². The molecule has 0 aliphatic carbocycles. The molecule has 0 unspecified atom stereocenters. The van der Waals surface area contributed by atoms with Crippen LogP contribution in [-0.4, -0.2) is 19.7 Å². The second kappa shape index (κ2) is 5.74. The molecule has 0 saturated heterocycles. The molecular formula is C16H18O3. The van der Waals surface area contributed by atoms with Crippen molar-refractivity contribution >= 4 is 16.7 Å². The first-order valence-corrected chi connectivity index (χ1v) is 6.37. The summed E-state index contributed by atoms with van der Waals surface area (Å²) >= 11 is 0. The third-order valence-corrected chi connectivity index (χ3v) is 3.25. The summed E-state index contributed by atoms with van der Waals surface area (Å²) in [5.74, 6) is 0.656. The quantitative estimate of drug-likeness (QED) is 0.790. The third-order valence-electron chi connectivity index (χ3n) is 3.25. The van der Waals surface area contributed by atoms with Crippen LogP contribution in [0.5, 0.6) is 5.75 Å². The van der Waals surface area contributed by atoms with Gasteiger partial charge in [0.15, 0.2) is 0 Å². The summed E-state index contributed by atoms with van der Waals surface area (Å²) in [5.41, 5.74) is 2.12. The molecule has 3 nitrogen and oxygen atoms in total. The third kappa shape index (κ3) is 2.87. The van der Waals surface area contributed by atoms with Crippen LogP contribution in [0.3, 0.4) is 0 Å². The predicted octanol–water partition coefficient (Wildman–Crippen LogP) is 3.26. The molecule has 2 aromatic carbocycles. The second-order valence-electron chi connectivity index (χ2n) is 4.42. The van der Waals surface area contributed by atoms with E-state index in [0.29, 0.717) is 13.0 Å². The Hall–Kier alpha value is -2.03. The van der Waals surface area contributed by atoms with Crippen LogP contribution < -0.4 is 4.74 Å². The Kier molecular flexibility index (Phi) is 4.05. The van der Waals surface area contributed by atoms with Crippen LogP contribution in [0.4, 0.5) is 0 Å². The molecule has 100 valence electrons. The minimum Gasteiger partial charge on any atom is -0.494 e. The molecule has 0 aromatic heterocycles. The maximum atomic E-state index is 11.4. The number of carbonyl (C=O) groups is 1. The lowest BCUT2D eigenvalue weighted by molar-refractivity contribution is -0.139. The largest absolute Gasteiger partial charge is 0.494 e. The number of fused-ring (bicyclic) bond motifs is 1. The molecule has 2 rings (SSSR count). The zero-order valence-corrected chi connectivity index (χ0v) is 11.5. The van der Waals surface area contributed by atoms with E-state index in [0.717, 1.165) is 27.6 Å². The maximum Gasteiger partial charge on any atom is 0.309 e. The van der Waals surface area contributed by atoms with Gasteiger partial charge in [-0.05, 0) is 47.9 Å². The van der Waals surface area contributed by atoms with Gasteiger partial charge in [0.25, 0.3) is 0 Å². The first-order chi connectivity index (χ1) is 9.15. The highest BCUT2D eigenvalue weighted by molar-refractivity contribution is 5.89. The van der Waals surface area contributed by atoms with Crippen LogP contribution in [0.25, 0.3) is 10.8 Å². The van der Waals surface area contributed by atoms with Gasteiger partial charge in [0, 0.05) is 0 Å². The first-order valence-electron chi connectivity index (χ1n) is 6.37. The molecule has 0 radical (unpaired) electrons. The van der Waals surface area contributed by atoms with Gasteiger partial charge < -0.3 is 9.47 Å². The second-order valence-corrected chi connectivity index (χ2v) is 4.42. The van der Waals surface area contributed by atoms with Gasteiger partial charge in [-0.15, -0.1) is 0 Å². The zero-order chi connectivity index (χ0) is 13.8. The monoisotopic (exact) mass is 258 g/mol. The fraction of sp³-hybridized carbons (Fsp3) is 0.312. The van der Waals surface area contributed by atoms with Crippen molar-refractivity contribution in [3.63, 3.8) is 0 Å². The van der Waals surface area contributed by atoms with Crippen molar-refractivity contribution in [1.29, 1.82) is 0 Å². The van der Waals surface area contributed by atoms with E-state index < -0.39 is 0 Å². The summed E-state index contributed by atoms with van der Waals surface area (Å²) < 4.78 is 10.2. The van der Waals surface area contributed by atoms with E-state index in [1.54, 1.807) is 0 Å². The van der Waals surface area contributed by atoms with Gasteiger partial charge in [-0.2, -0.15) is 0 Å². The van der Waals surface area contributed by atoms with E-state index in [9.17, 15) is 4.79 Å². The summed E-state index contributed by atoms with van der Waals surface area (Å²) in [6, 6.07) is 10.0. The summed E-state index contributed by atoms with van der Waals surface area (Å²) in [6.07, 6.45) is 0.311. The van der Waals surface area contributed by atoms with E-state index in [1.807, 2.05) is 44.2 Å². The standard InChI is InChI=1S/C16H18O3/c1-4-19-14-7-8-15-11(2)12(10-16(17)18-3)5-6-13(15)9-14/h5-9H,4,10H2,1-3H3. The molecule has 0 aliphatic heterocycles. The number of aryl methyl sites for hydroxylation is 1. The number of esters is 1. The maximum absolute atomic E-state index is 11.4. The van der Waals surface area contributed by atoms with Gasteiger partial charge in [0.2, 0.25) is 0 Å². The van der Waals surface area contributed by atoms with Crippen LogP contribution in [0.15, 0.2) is 30.3 Å². The molecule has 0 atom stereocenters. The molecule has 19 heavy (non-hydrogen) atoms. The van der Waals surface area contributed by atoms with Gasteiger partial charge >= 0.3 is 5.97 Å². The molecule has 3 heteroatoms. The Morgan fingerprint density at radius 1 is 1.21 bits per heavy atom. The van der Waals surface area contributed by atoms with Crippen LogP contribution in [0.1, 0.15) is 18.1 Å². The smallest absolute Gasteiger partial charge is 0.309 e. The zero-order valence-electron chi connectivity index (χ0n) is 11.5. The van der Waals surface area contributed by atoms with E-state index in [-0.39, 0.29) is 5.97 Å².